The lowest BCUT2D eigenvalue weighted by Crippen LogP contribution is -2.45. The Morgan fingerprint density at radius 2 is 2.33 bits per heavy atom. The summed E-state index contributed by atoms with van der Waals surface area (Å²) in [6.45, 7) is 9.96. The Hall–Kier alpha value is -0.450. The summed E-state index contributed by atoms with van der Waals surface area (Å²) in [5.41, 5.74) is 1.22. The molecule has 2 rings (SSSR count). The highest BCUT2D eigenvalue weighted by molar-refractivity contribution is 7.09. The van der Waals surface area contributed by atoms with Gasteiger partial charge in [0.05, 0.1) is 10.7 Å². The fourth-order valence-corrected chi connectivity index (χ4v) is 3.11. The average molecular weight is 267 g/mol. The lowest BCUT2D eigenvalue weighted by Gasteiger charge is -2.32. The molecule has 3 nitrogen and oxygen atoms in total. The highest BCUT2D eigenvalue weighted by Crippen LogP contribution is 2.15. The average Bonchev–Trinajstić information content (AvgIpc) is 2.75. The van der Waals surface area contributed by atoms with Gasteiger partial charge in [0.25, 0.3) is 0 Å². The van der Waals surface area contributed by atoms with Gasteiger partial charge >= 0.3 is 0 Å². The van der Waals surface area contributed by atoms with Crippen molar-refractivity contribution in [3.05, 3.63) is 16.1 Å². The molecule has 4 heteroatoms. The van der Waals surface area contributed by atoms with E-state index < -0.39 is 0 Å². The third-order valence-corrected chi connectivity index (χ3v) is 4.45. The van der Waals surface area contributed by atoms with Crippen LogP contribution < -0.4 is 5.32 Å². The molecular weight excluding hydrogens is 242 g/mol. The van der Waals surface area contributed by atoms with Gasteiger partial charge in [-0.05, 0) is 40.2 Å². The molecule has 1 aliphatic heterocycles. The van der Waals surface area contributed by atoms with Crippen molar-refractivity contribution < 1.29 is 0 Å². The highest BCUT2D eigenvalue weighted by atomic mass is 32.1. The van der Waals surface area contributed by atoms with Crippen LogP contribution in [0, 0.1) is 6.92 Å². The Morgan fingerprint density at radius 1 is 1.50 bits per heavy atom. The van der Waals surface area contributed by atoms with Crippen molar-refractivity contribution in [3.8, 4) is 0 Å². The van der Waals surface area contributed by atoms with Gasteiger partial charge in [-0.2, -0.15) is 0 Å². The van der Waals surface area contributed by atoms with Gasteiger partial charge in [0.2, 0.25) is 0 Å². The molecule has 0 bridgehead atoms. The van der Waals surface area contributed by atoms with E-state index in [1.807, 2.05) is 0 Å². The molecule has 1 saturated heterocycles. The van der Waals surface area contributed by atoms with E-state index in [4.69, 9.17) is 0 Å². The molecule has 0 aliphatic carbocycles. The summed E-state index contributed by atoms with van der Waals surface area (Å²) in [6, 6.07) is 1.25. The number of hydrogen-bond donors (Lipinski definition) is 1. The number of nitrogens with zero attached hydrogens (tertiary/aromatic N) is 2. The highest BCUT2D eigenvalue weighted by Gasteiger charge is 2.19. The van der Waals surface area contributed by atoms with Crippen molar-refractivity contribution in [1.29, 1.82) is 0 Å². The number of rotatable bonds is 5. The van der Waals surface area contributed by atoms with Crippen molar-refractivity contribution in [2.75, 3.05) is 13.1 Å². The number of nitrogens with one attached hydrogen (secondary N) is 1. The summed E-state index contributed by atoms with van der Waals surface area (Å²) in [6.07, 6.45) is 4.03. The summed E-state index contributed by atoms with van der Waals surface area (Å²) in [4.78, 5) is 7.12. The maximum Gasteiger partial charge on any atom is 0.0897 e. The molecule has 0 radical (unpaired) electrons. The molecule has 2 heterocycles. The van der Waals surface area contributed by atoms with Crippen molar-refractivity contribution in [2.45, 2.75) is 58.7 Å². The van der Waals surface area contributed by atoms with Crippen LogP contribution in [0.15, 0.2) is 5.38 Å². The van der Waals surface area contributed by atoms with E-state index in [1.165, 1.54) is 36.5 Å². The molecule has 0 aromatic carbocycles. The molecule has 1 aromatic heterocycles. The third-order valence-electron chi connectivity index (χ3n) is 3.63. The van der Waals surface area contributed by atoms with Crippen LogP contribution >= 0.6 is 11.3 Å². The van der Waals surface area contributed by atoms with Gasteiger partial charge in [-0.1, -0.05) is 6.42 Å². The molecule has 102 valence electrons. The zero-order valence-corrected chi connectivity index (χ0v) is 12.6. The summed E-state index contributed by atoms with van der Waals surface area (Å²) in [5, 5.41) is 7.00. The standard InChI is InChI=1S/C14H25N3S/c1-11(2)17(8-13-6-4-5-7-15-13)9-14-10-18-12(3)16-14/h10-11,13,15H,4-9H2,1-3H3. The molecule has 0 saturated carbocycles. The van der Waals surface area contributed by atoms with Gasteiger partial charge in [-0.15, -0.1) is 11.3 Å². The molecular formula is C14H25N3S. The number of hydrogen-bond acceptors (Lipinski definition) is 4. The molecule has 1 atom stereocenters. The molecule has 0 spiro atoms. The van der Waals surface area contributed by atoms with Gasteiger partial charge in [0.1, 0.15) is 0 Å². The maximum absolute atomic E-state index is 4.58. The first kappa shape index (κ1) is 14.0. The van der Waals surface area contributed by atoms with E-state index in [2.05, 4.69) is 41.4 Å². The van der Waals surface area contributed by atoms with Crippen LogP contribution in [0.25, 0.3) is 0 Å². The molecule has 1 N–H and O–H groups in total. The van der Waals surface area contributed by atoms with E-state index in [0.29, 0.717) is 12.1 Å². The summed E-state index contributed by atoms with van der Waals surface area (Å²) in [7, 11) is 0. The smallest absolute Gasteiger partial charge is 0.0897 e. The van der Waals surface area contributed by atoms with Gasteiger partial charge in [0.15, 0.2) is 0 Å². The van der Waals surface area contributed by atoms with Crippen molar-refractivity contribution >= 4 is 11.3 Å². The number of thiazole rings is 1. The Bertz CT molecular complexity index is 356. The Kier molecular flexibility index (Phi) is 5.15. The fourth-order valence-electron chi connectivity index (χ4n) is 2.51. The van der Waals surface area contributed by atoms with E-state index in [1.54, 1.807) is 11.3 Å². The zero-order chi connectivity index (χ0) is 13.0. The summed E-state index contributed by atoms with van der Waals surface area (Å²) < 4.78 is 0. The molecule has 18 heavy (non-hydrogen) atoms. The largest absolute Gasteiger partial charge is 0.313 e. The van der Waals surface area contributed by atoms with Crippen LogP contribution in [-0.2, 0) is 6.54 Å². The SMILES string of the molecule is Cc1nc(CN(CC2CCCCN2)C(C)C)cs1. The van der Waals surface area contributed by atoms with Crippen molar-refractivity contribution in [1.82, 2.24) is 15.2 Å². The lowest BCUT2D eigenvalue weighted by atomic mass is 10.0. The van der Waals surface area contributed by atoms with E-state index in [9.17, 15) is 0 Å². The second-order valence-electron chi connectivity index (χ2n) is 5.53. The monoisotopic (exact) mass is 267 g/mol. The predicted octanol–water partition coefficient (Wildman–Crippen LogP) is 2.80. The summed E-state index contributed by atoms with van der Waals surface area (Å²) in [5.74, 6) is 0. The number of piperidine rings is 1. The van der Waals surface area contributed by atoms with Gasteiger partial charge in [-0.25, -0.2) is 4.98 Å². The molecule has 0 amide bonds. The predicted molar refractivity (Wildman–Crippen MR) is 78.0 cm³/mol. The Balaban J connectivity index is 1.90. The van der Waals surface area contributed by atoms with Crippen LogP contribution in [0.1, 0.15) is 43.8 Å². The first-order valence-electron chi connectivity index (χ1n) is 7.03. The minimum absolute atomic E-state index is 0.579. The van der Waals surface area contributed by atoms with E-state index in [0.717, 1.165) is 13.1 Å². The number of aromatic nitrogens is 1. The topological polar surface area (TPSA) is 28.2 Å². The van der Waals surface area contributed by atoms with Crippen LogP contribution in [0.2, 0.25) is 0 Å². The number of aryl methyl sites for hydroxylation is 1. The van der Waals surface area contributed by atoms with Gasteiger partial charge in [-0.3, -0.25) is 4.90 Å². The normalized spacial score (nSPS) is 20.8. The lowest BCUT2D eigenvalue weighted by molar-refractivity contribution is 0.175. The first-order chi connectivity index (χ1) is 8.65. The quantitative estimate of drug-likeness (QED) is 0.889. The fraction of sp³-hybridized carbons (Fsp3) is 0.786. The maximum atomic E-state index is 4.58. The van der Waals surface area contributed by atoms with Gasteiger partial charge in [0, 0.05) is 30.6 Å². The van der Waals surface area contributed by atoms with E-state index in [-0.39, 0.29) is 0 Å². The minimum atomic E-state index is 0.579. The molecule has 1 aromatic rings. The van der Waals surface area contributed by atoms with Crippen LogP contribution in [0.3, 0.4) is 0 Å². The Morgan fingerprint density at radius 3 is 2.89 bits per heavy atom. The van der Waals surface area contributed by atoms with Gasteiger partial charge < -0.3 is 5.32 Å². The summed E-state index contributed by atoms with van der Waals surface area (Å²) >= 11 is 1.75. The second-order valence-corrected chi connectivity index (χ2v) is 6.59. The van der Waals surface area contributed by atoms with E-state index >= 15 is 0 Å². The third kappa shape index (κ3) is 4.04. The minimum Gasteiger partial charge on any atom is -0.313 e. The Labute approximate surface area is 115 Å². The van der Waals surface area contributed by atoms with Crippen LogP contribution in [0.4, 0.5) is 0 Å². The molecule has 1 unspecified atom stereocenters. The second kappa shape index (κ2) is 6.64. The van der Waals surface area contributed by atoms with Crippen LogP contribution in [-0.4, -0.2) is 35.1 Å². The van der Waals surface area contributed by atoms with Crippen molar-refractivity contribution in [3.63, 3.8) is 0 Å². The molecule has 1 aliphatic rings. The van der Waals surface area contributed by atoms with Crippen molar-refractivity contribution in [2.24, 2.45) is 0 Å². The zero-order valence-electron chi connectivity index (χ0n) is 11.8. The molecule has 1 fully saturated rings. The van der Waals surface area contributed by atoms with Crippen LogP contribution in [0.5, 0.6) is 0 Å². The first-order valence-corrected chi connectivity index (χ1v) is 7.91.